The number of aliphatic hydroxyl groups is 1. The van der Waals surface area contributed by atoms with Crippen molar-refractivity contribution in [3.05, 3.63) is 95.1 Å². The van der Waals surface area contributed by atoms with E-state index >= 15 is 0 Å². The summed E-state index contributed by atoms with van der Waals surface area (Å²) in [4.78, 5) is 27.7. The number of aliphatic hydroxyl groups excluding tert-OH is 1. The van der Waals surface area contributed by atoms with Crippen molar-refractivity contribution in [2.75, 3.05) is 27.4 Å². The van der Waals surface area contributed by atoms with Gasteiger partial charge in [0.25, 0.3) is 5.91 Å². The molecule has 2 aromatic carbocycles. The van der Waals surface area contributed by atoms with Crippen LogP contribution in [0.1, 0.15) is 34.1 Å². The van der Waals surface area contributed by atoms with Crippen molar-refractivity contribution >= 4 is 11.7 Å². The number of hydrogen-bond acceptors (Lipinski definition) is 7. The van der Waals surface area contributed by atoms with Crippen LogP contribution in [0, 0.1) is 0 Å². The number of furan rings is 1. The van der Waals surface area contributed by atoms with Gasteiger partial charge >= 0.3 is 0 Å². The topological polar surface area (TPSA) is 98.4 Å². The summed E-state index contributed by atoms with van der Waals surface area (Å²) in [7, 11) is 3.09. The molecule has 2 heterocycles. The molecule has 8 heteroatoms. The smallest absolute Gasteiger partial charge is 0.290 e. The third-order valence-electron chi connectivity index (χ3n) is 5.78. The molecule has 0 radical (unpaired) electrons. The minimum absolute atomic E-state index is 0.0395. The lowest BCUT2D eigenvalue weighted by Gasteiger charge is -2.27. The number of ketones is 1. The van der Waals surface area contributed by atoms with Gasteiger partial charge in [0.15, 0.2) is 23.0 Å². The SMILES string of the molecule is COCCCN1C(=O)C(O)=C(C(=O)c2ccco2)[C@@H]1c1ccc(OCc2ccccc2)c(OC)c1. The molecular formula is C27H27NO7. The lowest BCUT2D eigenvalue weighted by atomic mass is 9.94. The standard InChI is InChI=1S/C27H27NO7/c1-32-14-7-13-28-24(23(26(30)27(28)31)25(29)21-10-6-15-34-21)19-11-12-20(22(16-19)33-2)35-17-18-8-4-3-5-9-18/h3-6,8-12,15-16,24,30H,7,13-14,17H2,1-2H3/t24-/m0/s1. The summed E-state index contributed by atoms with van der Waals surface area (Å²) in [6.07, 6.45) is 1.90. The zero-order valence-electron chi connectivity index (χ0n) is 19.6. The third kappa shape index (κ3) is 5.07. The van der Waals surface area contributed by atoms with E-state index in [1.54, 1.807) is 31.4 Å². The second kappa shape index (κ2) is 10.9. The Morgan fingerprint density at radius 2 is 1.86 bits per heavy atom. The first kappa shape index (κ1) is 24.1. The molecule has 0 spiro atoms. The normalized spacial score (nSPS) is 15.5. The zero-order chi connectivity index (χ0) is 24.8. The summed E-state index contributed by atoms with van der Waals surface area (Å²) >= 11 is 0. The number of methoxy groups -OCH3 is 2. The number of ether oxygens (including phenoxy) is 3. The molecule has 1 aliphatic heterocycles. The van der Waals surface area contributed by atoms with Crippen molar-refractivity contribution in [3.8, 4) is 11.5 Å². The highest BCUT2D eigenvalue weighted by atomic mass is 16.5. The molecule has 35 heavy (non-hydrogen) atoms. The van der Waals surface area contributed by atoms with Gasteiger partial charge in [0.2, 0.25) is 5.78 Å². The molecule has 1 amide bonds. The van der Waals surface area contributed by atoms with E-state index in [1.807, 2.05) is 30.3 Å². The molecule has 8 nitrogen and oxygen atoms in total. The molecule has 0 aliphatic carbocycles. The van der Waals surface area contributed by atoms with Crippen LogP contribution in [0.4, 0.5) is 0 Å². The third-order valence-corrected chi connectivity index (χ3v) is 5.78. The minimum atomic E-state index is -0.825. The van der Waals surface area contributed by atoms with E-state index in [9.17, 15) is 14.7 Å². The number of amides is 1. The van der Waals surface area contributed by atoms with Gasteiger partial charge in [-0.3, -0.25) is 9.59 Å². The van der Waals surface area contributed by atoms with Gasteiger partial charge in [-0.2, -0.15) is 0 Å². The van der Waals surface area contributed by atoms with E-state index in [2.05, 4.69) is 0 Å². The summed E-state index contributed by atoms with van der Waals surface area (Å²) in [6, 6.07) is 17.2. The molecule has 0 unspecified atom stereocenters. The minimum Gasteiger partial charge on any atom is -0.503 e. The number of rotatable bonds is 11. The molecule has 0 bridgehead atoms. The van der Waals surface area contributed by atoms with Crippen LogP contribution in [0.15, 0.2) is 82.7 Å². The van der Waals surface area contributed by atoms with Gasteiger partial charge in [0.1, 0.15) is 6.61 Å². The van der Waals surface area contributed by atoms with Gasteiger partial charge in [-0.25, -0.2) is 0 Å². The van der Waals surface area contributed by atoms with Gasteiger partial charge in [0, 0.05) is 20.3 Å². The van der Waals surface area contributed by atoms with Gasteiger partial charge in [-0.05, 0) is 41.8 Å². The van der Waals surface area contributed by atoms with Crippen LogP contribution in [-0.2, 0) is 16.1 Å². The summed E-state index contributed by atoms with van der Waals surface area (Å²) in [5, 5.41) is 10.7. The van der Waals surface area contributed by atoms with Gasteiger partial charge in [0.05, 0.1) is 25.0 Å². The molecule has 1 aromatic heterocycles. The monoisotopic (exact) mass is 477 g/mol. The Kier molecular flexibility index (Phi) is 7.52. The predicted molar refractivity (Wildman–Crippen MR) is 127 cm³/mol. The van der Waals surface area contributed by atoms with Crippen molar-refractivity contribution in [3.63, 3.8) is 0 Å². The fourth-order valence-corrected chi connectivity index (χ4v) is 4.09. The molecule has 0 saturated carbocycles. The van der Waals surface area contributed by atoms with Crippen molar-refractivity contribution in [1.82, 2.24) is 4.90 Å². The molecule has 182 valence electrons. The van der Waals surface area contributed by atoms with Crippen molar-refractivity contribution < 1.29 is 33.3 Å². The quantitative estimate of drug-likeness (QED) is 0.321. The van der Waals surface area contributed by atoms with Gasteiger partial charge < -0.3 is 28.6 Å². The highest BCUT2D eigenvalue weighted by Crippen LogP contribution is 2.42. The number of hydrogen-bond donors (Lipinski definition) is 1. The first-order valence-electron chi connectivity index (χ1n) is 11.2. The lowest BCUT2D eigenvalue weighted by Crippen LogP contribution is -2.32. The van der Waals surface area contributed by atoms with Crippen LogP contribution in [0.2, 0.25) is 0 Å². The Balaban J connectivity index is 1.68. The van der Waals surface area contributed by atoms with E-state index in [-0.39, 0.29) is 17.9 Å². The number of benzene rings is 2. The van der Waals surface area contributed by atoms with E-state index in [1.165, 1.54) is 24.3 Å². The van der Waals surface area contributed by atoms with Crippen molar-refractivity contribution in [1.29, 1.82) is 0 Å². The predicted octanol–water partition coefficient (Wildman–Crippen LogP) is 4.48. The second-order valence-corrected chi connectivity index (χ2v) is 8.00. The van der Waals surface area contributed by atoms with Crippen LogP contribution in [0.3, 0.4) is 0 Å². The van der Waals surface area contributed by atoms with Crippen LogP contribution >= 0.6 is 0 Å². The van der Waals surface area contributed by atoms with Crippen LogP contribution in [0.5, 0.6) is 11.5 Å². The van der Waals surface area contributed by atoms with Crippen LogP contribution in [-0.4, -0.2) is 49.1 Å². The molecule has 0 saturated heterocycles. The van der Waals surface area contributed by atoms with Crippen LogP contribution < -0.4 is 9.47 Å². The van der Waals surface area contributed by atoms with E-state index in [0.29, 0.717) is 36.7 Å². The average molecular weight is 478 g/mol. The molecule has 1 aliphatic rings. The first-order chi connectivity index (χ1) is 17.0. The summed E-state index contributed by atoms with van der Waals surface area (Å²) in [5.41, 5.74) is 1.56. The lowest BCUT2D eigenvalue weighted by molar-refractivity contribution is -0.129. The van der Waals surface area contributed by atoms with Crippen LogP contribution in [0.25, 0.3) is 0 Å². The first-order valence-corrected chi connectivity index (χ1v) is 11.2. The number of nitrogens with zero attached hydrogens (tertiary/aromatic N) is 1. The maximum atomic E-state index is 13.2. The maximum Gasteiger partial charge on any atom is 0.290 e. The molecule has 1 N–H and O–H groups in total. The Bertz CT molecular complexity index is 1200. The Morgan fingerprint density at radius 1 is 1.06 bits per heavy atom. The van der Waals surface area contributed by atoms with E-state index in [0.717, 1.165) is 5.56 Å². The summed E-state index contributed by atoms with van der Waals surface area (Å²) in [6.45, 7) is 1.06. The zero-order valence-corrected chi connectivity index (χ0v) is 19.6. The summed E-state index contributed by atoms with van der Waals surface area (Å²) < 4.78 is 21.9. The number of carbonyl (C=O) groups excluding carboxylic acids is 2. The largest absolute Gasteiger partial charge is 0.503 e. The Hall–Kier alpha value is -4.04. The fraction of sp³-hybridized carbons (Fsp3) is 0.259. The Morgan fingerprint density at radius 3 is 2.54 bits per heavy atom. The van der Waals surface area contributed by atoms with Gasteiger partial charge in [-0.15, -0.1) is 0 Å². The van der Waals surface area contributed by atoms with E-state index < -0.39 is 23.5 Å². The second-order valence-electron chi connectivity index (χ2n) is 8.00. The highest BCUT2D eigenvalue weighted by Gasteiger charge is 2.44. The highest BCUT2D eigenvalue weighted by molar-refractivity contribution is 6.15. The Labute approximate surface area is 203 Å². The molecular weight excluding hydrogens is 450 g/mol. The molecule has 4 rings (SSSR count). The fourth-order valence-electron chi connectivity index (χ4n) is 4.09. The summed E-state index contributed by atoms with van der Waals surface area (Å²) in [5.74, 6) is -0.760. The molecule has 1 atom stereocenters. The molecule has 0 fully saturated rings. The van der Waals surface area contributed by atoms with E-state index in [4.69, 9.17) is 18.6 Å². The van der Waals surface area contributed by atoms with Gasteiger partial charge in [-0.1, -0.05) is 36.4 Å². The molecule has 3 aromatic rings. The number of carbonyl (C=O) groups is 2. The average Bonchev–Trinajstić information content (AvgIpc) is 3.51. The maximum absolute atomic E-state index is 13.2. The number of Topliss-reactive ketones (excluding diaryl/α,β-unsaturated/α-hetero) is 1. The van der Waals surface area contributed by atoms with Crippen molar-refractivity contribution in [2.24, 2.45) is 0 Å². The van der Waals surface area contributed by atoms with Crippen molar-refractivity contribution in [2.45, 2.75) is 19.1 Å².